The van der Waals surface area contributed by atoms with Crippen molar-refractivity contribution in [2.45, 2.75) is 32.7 Å². The molecule has 0 aromatic carbocycles. The van der Waals surface area contributed by atoms with Gasteiger partial charge in [-0.2, -0.15) is 5.10 Å². The van der Waals surface area contributed by atoms with Crippen LogP contribution in [0.1, 0.15) is 29.4 Å². The average molecular weight is 222 g/mol. The summed E-state index contributed by atoms with van der Waals surface area (Å²) in [4.78, 5) is 2.36. The number of hydrogen-bond donors (Lipinski definition) is 1. The molecule has 2 N–H and O–H groups in total. The van der Waals surface area contributed by atoms with Crippen LogP contribution in [-0.4, -0.2) is 41.4 Å². The molecule has 1 saturated heterocycles. The Morgan fingerprint density at radius 2 is 2.19 bits per heavy atom. The fraction of sp³-hybridized carbons (Fsp3) is 0.750. The number of aromatic nitrogens is 2. The third-order valence-electron chi connectivity index (χ3n) is 3.58. The standard InChI is InChI=1S/C12H22N4/c1-9-12(4-6-13)10(2)16(14-9)11-5-7-15(3)8-11/h11H,4-8,13H2,1-3H3. The Labute approximate surface area is 97.4 Å². The van der Waals surface area contributed by atoms with E-state index in [9.17, 15) is 0 Å². The predicted molar refractivity (Wildman–Crippen MR) is 65.6 cm³/mol. The zero-order chi connectivity index (χ0) is 11.7. The first-order valence-electron chi connectivity index (χ1n) is 6.06. The molecule has 90 valence electrons. The lowest BCUT2D eigenvalue weighted by atomic mass is 10.1. The molecule has 0 spiro atoms. The van der Waals surface area contributed by atoms with Crippen molar-refractivity contribution in [2.24, 2.45) is 5.73 Å². The van der Waals surface area contributed by atoms with Crippen LogP contribution in [0.3, 0.4) is 0 Å². The number of nitrogens with two attached hydrogens (primary N) is 1. The van der Waals surface area contributed by atoms with E-state index in [0.29, 0.717) is 12.6 Å². The van der Waals surface area contributed by atoms with E-state index in [1.165, 1.54) is 24.2 Å². The number of likely N-dealkylation sites (tertiary alicyclic amines) is 1. The van der Waals surface area contributed by atoms with E-state index in [4.69, 9.17) is 5.73 Å². The zero-order valence-corrected chi connectivity index (χ0v) is 10.5. The van der Waals surface area contributed by atoms with Crippen LogP contribution in [0.5, 0.6) is 0 Å². The van der Waals surface area contributed by atoms with Gasteiger partial charge in [0.1, 0.15) is 0 Å². The molecule has 1 atom stereocenters. The van der Waals surface area contributed by atoms with Gasteiger partial charge in [0.25, 0.3) is 0 Å². The highest BCUT2D eigenvalue weighted by atomic mass is 15.3. The van der Waals surface area contributed by atoms with Gasteiger partial charge in [-0.25, -0.2) is 0 Å². The van der Waals surface area contributed by atoms with Gasteiger partial charge in [0.15, 0.2) is 0 Å². The van der Waals surface area contributed by atoms with Crippen molar-refractivity contribution in [1.82, 2.24) is 14.7 Å². The van der Waals surface area contributed by atoms with Crippen molar-refractivity contribution in [3.63, 3.8) is 0 Å². The van der Waals surface area contributed by atoms with Crippen molar-refractivity contribution in [3.05, 3.63) is 17.0 Å². The Bertz CT molecular complexity index is 369. The second-order valence-corrected chi connectivity index (χ2v) is 4.84. The van der Waals surface area contributed by atoms with Crippen LogP contribution in [0.15, 0.2) is 0 Å². The third-order valence-corrected chi connectivity index (χ3v) is 3.58. The summed E-state index contributed by atoms with van der Waals surface area (Å²) in [5.41, 5.74) is 9.44. The number of nitrogens with zero attached hydrogens (tertiary/aromatic N) is 3. The maximum absolute atomic E-state index is 5.64. The lowest BCUT2D eigenvalue weighted by Crippen LogP contribution is -2.18. The molecule has 0 aliphatic carbocycles. The van der Waals surface area contributed by atoms with E-state index in [0.717, 1.165) is 18.7 Å². The monoisotopic (exact) mass is 222 g/mol. The first-order valence-corrected chi connectivity index (χ1v) is 6.06. The van der Waals surface area contributed by atoms with Gasteiger partial charge in [0, 0.05) is 12.2 Å². The van der Waals surface area contributed by atoms with Gasteiger partial charge in [0.2, 0.25) is 0 Å². The third kappa shape index (κ3) is 1.99. The molecule has 0 radical (unpaired) electrons. The van der Waals surface area contributed by atoms with Gasteiger partial charge in [-0.15, -0.1) is 0 Å². The van der Waals surface area contributed by atoms with E-state index in [-0.39, 0.29) is 0 Å². The van der Waals surface area contributed by atoms with E-state index in [1.807, 2.05) is 0 Å². The first kappa shape index (κ1) is 11.6. The fourth-order valence-electron chi connectivity index (χ4n) is 2.67. The highest BCUT2D eigenvalue weighted by molar-refractivity contribution is 5.25. The molecule has 0 bridgehead atoms. The molecule has 0 amide bonds. The molecule has 1 aromatic rings. The minimum Gasteiger partial charge on any atom is -0.330 e. The van der Waals surface area contributed by atoms with Crippen molar-refractivity contribution in [1.29, 1.82) is 0 Å². The quantitative estimate of drug-likeness (QED) is 0.826. The minimum absolute atomic E-state index is 0.551. The summed E-state index contributed by atoms with van der Waals surface area (Å²) in [6, 6.07) is 0.551. The van der Waals surface area contributed by atoms with Crippen LogP contribution in [0, 0.1) is 13.8 Å². The number of rotatable bonds is 3. The molecule has 1 aliphatic heterocycles. The second-order valence-electron chi connectivity index (χ2n) is 4.84. The van der Waals surface area contributed by atoms with Gasteiger partial charge in [0.05, 0.1) is 11.7 Å². The Morgan fingerprint density at radius 3 is 2.75 bits per heavy atom. The Balaban J connectivity index is 2.25. The largest absolute Gasteiger partial charge is 0.330 e. The van der Waals surface area contributed by atoms with Crippen LogP contribution >= 0.6 is 0 Å². The summed E-state index contributed by atoms with van der Waals surface area (Å²) >= 11 is 0. The molecular formula is C12H22N4. The van der Waals surface area contributed by atoms with Gasteiger partial charge < -0.3 is 10.6 Å². The van der Waals surface area contributed by atoms with E-state index in [2.05, 4.69) is 35.6 Å². The average Bonchev–Trinajstić information content (AvgIpc) is 2.77. The number of hydrogen-bond acceptors (Lipinski definition) is 3. The lowest BCUT2D eigenvalue weighted by molar-refractivity contribution is 0.379. The Kier molecular flexibility index (Phi) is 3.30. The molecule has 1 aliphatic rings. The highest BCUT2D eigenvalue weighted by Gasteiger charge is 2.24. The first-order chi connectivity index (χ1) is 7.63. The van der Waals surface area contributed by atoms with E-state index >= 15 is 0 Å². The molecule has 1 aromatic heterocycles. The molecule has 4 heteroatoms. The van der Waals surface area contributed by atoms with Gasteiger partial charge >= 0.3 is 0 Å². The van der Waals surface area contributed by atoms with E-state index in [1.54, 1.807) is 0 Å². The van der Waals surface area contributed by atoms with Gasteiger partial charge in [-0.05, 0) is 52.4 Å². The summed E-state index contributed by atoms with van der Waals surface area (Å²) < 4.78 is 2.21. The van der Waals surface area contributed by atoms with Crippen molar-refractivity contribution in [3.8, 4) is 0 Å². The van der Waals surface area contributed by atoms with Crippen LogP contribution in [0.25, 0.3) is 0 Å². The highest BCUT2D eigenvalue weighted by Crippen LogP contribution is 2.24. The topological polar surface area (TPSA) is 47.1 Å². The summed E-state index contributed by atoms with van der Waals surface area (Å²) in [6.07, 6.45) is 2.15. The summed E-state index contributed by atoms with van der Waals surface area (Å²) in [5, 5.41) is 4.68. The number of aryl methyl sites for hydroxylation is 1. The molecule has 16 heavy (non-hydrogen) atoms. The molecular weight excluding hydrogens is 200 g/mol. The van der Waals surface area contributed by atoms with E-state index < -0.39 is 0 Å². The molecule has 4 nitrogen and oxygen atoms in total. The second kappa shape index (κ2) is 4.55. The maximum Gasteiger partial charge on any atom is 0.0661 e. The summed E-state index contributed by atoms with van der Waals surface area (Å²) in [7, 11) is 2.17. The molecule has 1 fully saturated rings. The maximum atomic E-state index is 5.64. The fourth-order valence-corrected chi connectivity index (χ4v) is 2.67. The zero-order valence-electron chi connectivity index (χ0n) is 10.5. The minimum atomic E-state index is 0.551. The molecule has 2 heterocycles. The SMILES string of the molecule is Cc1nn(C2CCN(C)C2)c(C)c1CCN. The lowest BCUT2D eigenvalue weighted by Gasteiger charge is -2.13. The Hall–Kier alpha value is -0.870. The van der Waals surface area contributed by atoms with Crippen molar-refractivity contribution in [2.75, 3.05) is 26.7 Å². The van der Waals surface area contributed by atoms with Crippen LogP contribution in [-0.2, 0) is 6.42 Å². The van der Waals surface area contributed by atoms with Crippen LogP contribution in [0.2, 0.25) is 0 Å². The molecule has 2 rings (SSSR count). The molecule has 0 saturated carbocycles. The summed E-state index contributed by atoms with van der Waals surface area (Å²) in [5.74, 6) is 0. The smallest absolute Gasteiger partial charge is 0.0661 e. The molecule has 1 unspecified atom stereocenters. The van der Waals surface area contributed by atoms with Gasteiger partial charge in [-0.1, -0.05) is 0 Å². The van der Waals surface area contributed by atoms with Crippen LogP contribution in [0.4, 0.5) is 0 Å². The predicted octanol–water partition coefficient (Wildman–Crippen LogP) is 0.878. The van der Waals surface area contributed by atoms with Gasteiger partial charge in [-0.3, -0.25) is 4.68 Å². The number of likely N-dealkylation sites (N-methyl/N-ethyl adjacent to an activating group) is 1. The van der Waals surface area contributed by atoms with Crippen molar-refractivity contribution >= 4 is 0 Å². The summed E-state index contributed by atoms with van der Waals surface area (Å²) in [6.45, 7) is 7.26. The van der Waals surface area contributed by atoms with Crippen molar-refractivity contribution < 1.29 is 0 Å². The Morgan fingerprint density at radius 1 is 1.44 bits per heavy atom. The van der Waals surface area contributed by atoms with Crippen LogP contribution < -0.4 is 5.73 Å². The normalized spacial score (nSPS) is 21.9.